The molecule has 1 aliphatic rings. The lowest BCUT2D eigenvalue weighted by atomic mass is 9.93. The lowest BCUT2D eigenvalue weighted by molar-refractivity contribution is -0.117. The molecule has 1 N–H and O–H groups in total. The molecule has 0 saturated heterocycles. The van der Waals surface area contributed by atoms with Crippen molar-refractivity contribution in [2.75, 3.05) is 0 Å². The zero-order valence-corrected chi connectivity index (χ0v) is 9.66. The van der Waals surface area contributed by atoms with E-state index in [1.807, 2.05) is 0 Å². The highest BCUT2D eigenvalue weighted by atomic mass is 16.5. The van der Waals surface area contributed by atoms with Crippen LogP contribution in [0.2, 0.25) is 0 Å². The minimum Gasteiger partial charge on any atom is -0.376 e. The molecule has 86 valence electrons. The average Bonchev–Trinajstić information content (AvgIpc) is 2.20. The molecule has 0 aromatic rings. The van der Waals surface area contributed by atoms with Gasteiger partial charge in [-0.1, -0.05) is 6.58 Å². The monoisotopic (exact) mass is 211 g/mol. The van der Waals surface area contributed by atoms with Crippen LogP contribution in [0.4, 0.5) is 0 Å². The van der Waals surface area contributed by atoms with Crippen molar-refractivity contribution in [2.45, 2.75) is 57.8 Å². The molecule has 3 heteroatoms. The molecule has 15 heavy (non-hydrogen) atoms. The molecule has 0 aromatic carbocycles. The van der Waals surface area contributed by atoms with Crippen molar-refractivity contribution in [3.05, 3.63) is 12.7 Å². The number of hydrogen-bond acceptors (Lipinski definition) is 2. The quantitative estimate of drug-likeness (QED) is 0.722. The van der Waals surface area contributed by atoms with Crippen molar-refractivity contribution in [1.82, 2.24) is 5.32 Å². The molecule has 0 bridgehead atoms. The van der Waals surface area contributed by atoms with E-state index < -0.39 is 0 Å². The van der Waals surface area contributed by atoms with Crippen molar-refractivity contribution in [1.29, 1.82) is 0 Å². The van der Waals surface area contributed by atoms with Gasteiger partial charge in [0, 0.05) is 6.04 Å². The van der Waals surface area contributed by atoms with Gasteiger partial charge in [-0.2, -0.15) is 0 Å². The molecule has 0 heterocycles. The van der Waals surface area contributed by atoms with E-state index in [1.165, 1.54) is 6.08 Å². The van der Waals surface area contributed by atoms with Gasteiger partial charge in [0.25, 0.3) is 0 Å². The second-order valence-electron chi connectivity index (χ2n) is 4.37. The number of hydrogen-bond donors (Lipinski definition) is 1. The van der Waals surface area contributed by atoms with E-state index in [-0.39, 0.29) is 5.91 Å². The van der Waals surface area contributed by atoms with Crippen molar-refractivity contribution >= 4 is 5.91 Å². The van der Waals surface area contributed by atoms with Crippen LogP contribution in [-0.4, -0.2) is 24.2 Å². The van der Waals surface area contributed by atoms with E-state index in [2.05, 4.69) is 25.7 Å². The molecule has 0 unspecified atom stereocenters. The van der Waals surface area contributed by atoms with E-state index >= 15 is 0 Å². The summed E-state index contributed by atoms with van der Waals surface area (Å²) < 4.78 is 5.74. The third-order valence-corrected chi connectivity index (χ3v) is 2.67. The van der Waals surface area contributed by atoms with Gasteiger partial charge in [0.2, 0.25) is 5.91 Å². The number of rotatable bonds is 4. The van der Waals surface area contributed by atoms with Gasteiger partial charge in [0.1, 0.15) is 0 Å². The predicted octanol–water partition coefficient (Wildman–Crippen LogP) is 2.02. The van der Waals surface area contributed by atoms with Gasteiger partial charge in [-0.25, -0.2) is 0 Å². The van der Waals surface area contributed by atoms with E-state index in [4.69, 9.17) is 4.74 Å². The first kappa shape index (κ1) is 12.2. The summed E-state index contributed by atoms with van der Waals surface area (Å²) >= 11 is 0. The first-order chi connectivity index (χ1) is 7.11. The van der Waals surface area contributed by atoms with Crippen LogP contribution in [0.5, 0.6) is 0 Å². The van der Waals surface area contributed by atoms with Crippen LogP contribution >= 0.6 is 0 Å². The molecule has 1 amide bonds. The normalized spacial score (nSPS) is 26.3. The van der Waals surface area contributed by atoms with Crippen molar-refractivity contribution in [2.24, 2.45) is 0 Å². The van der Waals surface area contributed by atoms with Crippen molar-refractivity contribution in [3.8, 4) is 0 Å². The first-order valence-electron chi connectivity index (χ1n) is 5.70. The lowest BCUT2D eigenvalue weighted by Crippen LogP contribution is -2.38. The van der Waals surface area contributed by atoms with E-state index in [1.54, 1.807) is 0 Å². The van der Waals surface area contributed by atoms with Crippen LogP contribution in [0.3, 0.4) is 0 Å². The van der Waals surface area contributed by atoms with Gasteiger partial charge in [-0.3, -0.25) is 4.79 Å². The highest BCUT2D eigenvalue weighted by molar-refractivity contribution is 5.87. The summed E-state index contributed by atoms with van der Waals surface area (Å²) in [6, 6.07) is 0.308. The van der Waals surface area contributed by atoms with Crippen LogP contribution in [0, 0.1) is 0 Å². The molecule has 0 atom stereocenters. The molecule has 1 fully saturated rings. The summed E-state index contributed by atoms with van der Waals surface area (Å²) in [7, 11) is 0. The van der Waals surface area contributed by atoms with Crippen molar-refractivity contribution in [3.63, 3.8) is 0 Å². The Hall–Kier alpha value is -0.830. The lowest BCUT2D eigenvalue weighted by Gasteiger charge is -2.30. The number of carbonyl (C=O) groups excluding carboxylic acids is 1. The number of ether oxygens (including phenoxy) is 1. The van der Waals surface area contributed by atoms with E-state index in [9.17, 15) is 4.79 Å². The summed E-state index contributed by atoms with van der Waals surface area (Å²) in [5, 5.41) is 2.93. The van der Waals surface area contributed by atoms with Crippen LogP contribution in [0.1, 0.15) is 39.5 Å². The summed E-state index contributed by atoms with van der Waals surface area (Å²) in [5.41, 5.74) is 0. The molecule has 0 aliphatic heterocycles. The summed E-state index contributed by atoms with van der Waals surface area (Å²) in [6.45, 7) is 7.57. The Labute approximate surface area is 91.9 Å². The molecule has 3 nitrogen and oxygen atoms in total. The second-order valence-corrected chi connectivity index (χ2v) is 4.37. The molecular weight excluding hydrogens is 190 g/mol. The number of amides is 1. The summed E-state index contributed by atoms with van der Waals surface area (Å²) in [4.78, 5) is 11.1. The average molecular weight is 211 g/mol. The number of carbonyl (C=O) groups is 1. The smallest absolute Gasteiger partial charge is 0.243 e. The van der Waals surface area contributed by atoms with Crippen molar-refractivity contribution < 1.29 is 9.53 Å². The SMILES string of the molecule is C=CC(=O)NC1CCC(OC(C)C)CC1. The van der Waals surface area contributed by atoms with Gasteiger partial charge in [-0.15, -0.1) is 0 Å². The summed E-state index contributed by atoms with van der Waals surface area (Å²) in [5.74, 6) is -0.0665. The molecule has 1 rings (SSSR count). The van der Waals surface area contributed by atoms with Gasteiger partial charge in [-0.05, 0) is 45.6 Å². The third-order valence-electron chi connectivity index (χ3n) is 2.67. The Balaban J connectivity index is 2.23. The largest absolute Gasteiger partial charge is 0.376 e. The fourth-order valence-corrected chi connectivity index (χ4v) is 1.99. The zero-order chi connectivity index (χ0) is 11.3. The van der Waals surface area contributed by atoms with Gasteiger partial charge in [0.05, 0.1) is 12.2 Å². The van der Waals surface area contributed by atoms with E-state index in [0.717, 1.165) is 25.7 Å². The van der Waals surface area contributed by atoms with Gasteiger partial charge >= 0.3 is 0 Å². The summed E-state index contributed by atoms with van der Waals surface area (Å²) in [6.07, 6.45) is 6.11. The third kappa shape index (κ3) is 4.47. The van der Waals surface area contributed by atoms with Crippen LogP contribution < -0.4 is 5.32 Å². The Bertz CT molecular complexity index is 218. The predicted molar refractivity (Wildman–Crippen MR) is 60.6 cm³/mol. The highest BCUT2D eigenvalue weighted by Gasteiger charge is 2.22. The topological polar surface area (TPSA) is 38.3 Å². The first-order valence-corrected chi connectivity index (χ1v) is 5.70. The molecule has 1 saturated carbocycles. The Morgan fingerprint density at radius 3 is 2.47 bits per heavy atom. The van der Waals surface area contributed by atoms with Gasteiger partial charge < -0.3 is 10.1 Å². The standard InChI is InChI=1S/C12H21NO2/c1-4-12(14)13-10-5-7-11(8-6-10)15-9(2)3/h4,9-11H,1,5-8H2,2-3H3,(H,13,14). The Morgan fingerprint density at radius 2 is 2.00 bits per heavy atom. The Kier molecular flexibility index (Phi) is 4.82. The van der Waals surface area contributed by atoms with Crippen LogP contribution in [0.15, 0.2) is 12.7 Å². The minimum absolute atomic E-state index is 0.0665. The fraction of sp³-hybridized carbons (Fsp3) is 0.750. The maximum Gasteiger partial charge on any atom is 0.243 e. The van der Waals surface area contributed by atoms with Gasteiger partial charge in [0.15, 0.2) is 0 Å². The fourth-order valence-electron chi connectivity index (χ4n) is 1.99. The molecule has 0 aromatic heterocycles. The molecule has 0 spiro atoms. The zero-order valence-electron chi connectivity index (χ0n) is 9.66. The van der Waals surface area contributed by atoms with Crippen LogP contribution in [-0.2, 0) is 9.53 Å². The maximum atomic E-state index is 11.1. The highest BCUT2D eigenvalue weighted by Crippen LogP contribution is 2.22. The maximum absolute atomic E-state index is 11.1. The molecular formula is C12H21NO2. The van der Waals surface area contributed by atoms with Crippen LogP contribution in [0.25, 0.3) is 0 Å². The number of nitrogens with one attached hydrogen (secondary N) is 1. The second kappa shape index (κ2) is 5.91. The van der Waals surface area contributed by atoms with E-state index in [0.29, 0.717) is 18.2 Å². The Morgan fingerprint density at radius 1 is 1.40 bits per heavy atom. The molecule has 0 radical (unpaired) electrons. The minimum atomic E-state index is -0.0665. The molecule has 1 aliphatic carbocycles.